The number of rotatable bonds is 8. The number of Topliss-reactive ketones (excluding diaryl/α,β-unsaturated/α-hetero) is 1. The Morgan fingerprint density at radius 3 is 2.67 bits per heavy atom. The van der Waals surface area contributed by atoms with Gasteiger partial charge in [0.1, 0.15) is 0 Å². The zero-order valence-corrected chi connectivity index (χ0v) is 17.0. The number of aliphatic imine (C=N–C) groups is 1. The van der Waals surface area contributed by atoms with E-state index in [-0.39, 0.29) is 17.8 Å². The molecule has 0 radical (unpaired) electrons. The van der Waals surface area contributed by atoms with Crippen molar-refractivity contribution in [3.8, 4) is 0 Å². The van der Waals surface area contributed by atoms with Gasteiger partial charge in [-0.3, -0.25) is 14.9 Å². The molecule has 0 spiro atoms. The maximum absolute atomic E-state index is 13.1. The number of pyridine rings is 1. The van der Waals surface area contributed by atoms with Crippen LogP contribution >= 0.6 is 11.6 Å². The maximum Gasteiger partial charge on any atom is 0.434 e. The number of nitrogens with two attached hydrogens (primary N) is 1. The predicted octanol–water partition coefficient (Wildman–Crippen LogP) is 3.96. The minimum atomic E-state index is -4.78. The van der Waals surface area contributed by atoms with E-state index in [9.17, 15) is 18.0 Å². The summed E-state index contributed by atoms with van der Waals surface area (Å²) in [5, 5.41) is 8.84. The van der Waals surface area contributed by atoms with Gasteiger partial charge in [0.2, 0.25) is 0 Å². The van der Waals surface area contributed by atoms with Crippen LogP contribution < -0.4 is 11.1 Å². The largest absolute Gasteiger partial charge is 0.434 e. The SMILES string of the molecule is CCN\C=C/C(CC(=O)c1ccnc(C(F)(F)F)c1Cl)=C(/N=C(/C)N)c1ccn[nH]1. The first-order valence-electron chi connectivity index (χ1n) is 8.83. The molecule has 0 saturated carbocycles. The Hall–Kier alpha value is -3.14. The van der Waals surface area contributed by atoms with E-state index in [2.05, 4.69) is 25.5 Å². The highest BCUT2D eigenvalue weighted by Gasteiger charge is 2.36. The summed E-state index contributed by atoms with van der Waals surface area (Å²) < 4.78 is 39.3. The molecular formula is C19H20ClF3N6O. The maximum atomic E-state index is 13.1. The van der Waals surface area contributed by atoms with Crippen LogP contribution in [0.15, 0.2) is 47.4 Å². The van der Waals surface area contributed by atoms with Gasteiger partial charge in [-0.15, -0.1) is 0 Å². The van der Waals surface area contributed by atoms with Crippen molar-refractivity contribution in [2.45, 2.75) is 26.4 Å². The Balaban J connectivity index is 2.54. The molecule has 0 aliphatic carbocycles. The lowest BCUT2D eigenvalue weighted by Gasteiger charge is -2.12. The van der Waals surface area contributed by atoms with E-state index >= 15 is 0 Å². The number of halogens is 4. The fourth-order valence-corrected chi connectivity index (χ4v) is 2.82. The van der Waals surface area contributed by atoms with Crippen molar-refractivity contribution in [3.63, 3.8) is 0 Å². The van der Waals surface area contributed by atoms with E-state index in [1.165, 1.54) is 6.20 Å². The average molecular weight is 441 g/mol. The van der Waals surface area contributed by atoms with Gasteiger partial charge in [-0.05, 0) is 43.8 Å². The number of H-pyrrole nitrogens is 1. The Kier molecular flexibility index (Phi) is 7.76. The smallest absolute Gasteiger partial charge is 0.391 e. The summed E-state index contributed by atoms with van der Waals surface area (Å²) >= 11 is 5.85. The van der Waals surface area contributed by atoms with Crippen molar-refractivity contribution in [3.05, 3.63) is 64.3 Å². The van der Waals surface area contributed by atoms with Crippen LogP contribution in [0.1, 0.15) is 42.0 Å². The molecule has 4 N–H and O–H groups in total. The number of nitrogens with one attached hydrogen (secondary N) is 2. The van der Waals surface area contributed by atoms with E-state index in [0.29, 0.717) is 23.5 Å². The molecule has 0 amide bonds. The summed E-state index contributed by atoms with van der Waals surface area (Å²) in [5.74, 6) is -0.409. The molecule has 0 aromatic carbocycles. The van der Waals surface area contributed by atoms with E-state index in [4.69, 9.17) is 17.3 Å². The van der Waals surface area contributed by atoms with E-state index in [1.807, 2.05) is 6.92 Å². The van der Waals surface area contributed by atoms with Gasteiger partial charge in [0, 0.05) is 30.9 Å². The number of ketones is 1. The third-order valence-corrected chi connectivity index (χ3v) is 4.15. The fraction of sp³-hybridized carbons (Fsp3) is 0.263. The molecule has 2 aromatic heterocycles. The van der Waals surface area contributed by atoms with Gasteiger partial charge in [0.05, 0.1) is 22.2 Å². The van der Waals surface area contributed by atoms with Crippen molar-refractivity contribution in [2.75, 3.05) is 6.54 Å². The normalized spacial score (nSPS) is 13.5. The van der Waals surface area contributed by atoms with Crippen LogP contribution in [-0.4, -0.2) is 33.3 Å². The van der Waals surface area contributed by atoms with Crippen LogP contribution in [-0.2, 0) is 6.18 Å². The quantitative estimate of drug-likeness (QED) is 0.249. The molecule has 0 aliphatic rings. The first kappa shape index (κ1) is 23.1. The van der Waals surface area contributed by atoms with Crippen LogP contribution in [0.5, 0.6) is 0 Å². The molecule has 7 nitrogen and oxygen atoms in total. The summed E-state index contributed by atoms with van der Waals surface area (Å²) in [6, 6.07) is 2.79. The molecule has 11 heteroatoms. The van der Waals surface area contributed by atoms with Crippen LogP contribution in [0.25, 0.3) is 5.70 Å². The van der Waals surface area contributed by atoms with Gasteiger partial charge in [-0.1, -0.05) is 11.6 Å². The predicted molar refractivity (Wildman–Crippen MR) is 109 cm³/mol. The zero-order valence-electron chi connectivity index (χ0n) is 16.2. The van der Waals surface area contributed by atoms with Crippen molar-refractivity contribution in [1.29, 1.82) is 0 Å². The van der Waals surface area contributed by atoms with Crippen LogP contribution in [0, 0.1) is 0 Å². The first-order chi connectivity index (χ1) is 14.1. The summed E-state index contributed by atoms with van der Waals surface area (Å²) in [5.41, 5.74) is 5.35. The number of allylic oxidation sites excluding steroid dienone is 2. The van der Waals surface area contributed by atoms with Gasteiger partial charge in [0.15, 0.2) is 11.5 Å². The van der Waals surface area contributed by atoms with Crippen molar-refractivity contribution in [1.82, 2.24) is 20.5 Å². The van der Waals surface area contributed by atoms with Crippen molar-refractivity contribution in [2.24, 2.45) is 10.7 Å². The molecule has 0 aliphatic heterocycles. The molecule has 2 rings (SSSR count). The minimum Gasteiger partial charge on any atom is -0.391 e. The number of amidine groups is 1. The fourth-order valence-electron chi connectivity index (χ4n) is 2.49. The monoisotopic (exact) mass is 440 g/mol. The Bertz CT molecular complexity index is 977. The third kappa shape index (κ3) is 5.93. The summed E-state index contributed by atoms with van der Waals surface area (Å²) in [6.07, 6.45) is 0.545. The molecule has 0 unspecified atom stereocenters. The molecular weight excluding hydrogens is 421 g/mol. The number of hydrogen-bond donors (Lipinski definition) is 3. The number of nitrogens with zero attached hydrogens (tertiary/aromatic N) is 3. The molecule has 0 fully saturated rings. The Labute approximate surface area is 175 Å². The number of hydrogen-bond acceptors (Lipinski definition) is 5. The molecule has 2 heterocycles. The molecule has 2 aromatic rings. The average Bonchev–Trinajstić information content (AvgIpc) is 3.19. The number of aromatic amines is 1. The second-order valence-corrected chi connectivity index (χ2v) is 6.49. The zero-order chi connectivity index (χ0) is 22.3. The summed E-state index contributed by atoms with van der Waals surface area (Å²) in [7, 11) is 0. The standard InChI is InChI=1S/C19H20ClF3N6O/c1-3-25-7-4-12(17(28-11(2)24)14-6-9-27-29-14)10-15(30)13-5-8-26-18(16(13)20)19(21,22)23/h4-9,25H,3,10H2,1-2H3,(H2,24,28)(H,27,29)/b7-4-,17-12-. The van der Waals surface area contributed by atoms with Gasteiger partial charge in [-0.25, -0.2) is 4.99 Å². The minimum absolute atomic E-state index is 0.225. The second-order valence-electron chi connectivity index (χ2n) is 6.11. The Morgan fingerprint density at radius 1 is 1.37 bits per heavy atom. The molecule has 30 heavy (non-hydrogen) atoms. The van der Waals surface area contributed by atoms with E-state index in [1.54, 1.807) is 25.3 Å². The highest BCUT2D eigenvalue weighted by atomic mass is 35.5. The van der Waals surface area contributed by atoms with Crippen LogP contribution in [0.2, 0.25) is 5.02 Å². The van der Waals surface area contributed by atoms with Gasteiger partial charge < -0.3 is 11.1 Å². The third-order valence-electron chi connectivity index (χ3n) is 3.76. The number of alkyl halides is 3. The summed E-state index contributed by atoms with van der Waals surface area (Å²) in [6.45, 7) is 4.08. The van der Waals surface area contributed by atoms with Gasteiger partial charge in [-0.2, -0.15) is 18.3 Å². The van der Waals surface area contributed by atoms with Crippen molar-refractivity contribution < 1.29 is 18.0 Å². The van der Waals surface area contributed by atoms with Crippen LogP contribution in [0.4, 0.5) is 13.2 Å². The van der Waals surface area contributed by atoms with Crippen LogP contribution in [0.3, 0.4) is 0 Å². The van der Waals surface area contributed by atoms with E-state index < -0.39 is 22.7 Å². The van der Waals surface area contributed by atoms with Gasteiger partial charge >= 0.3 is 6.18 Å². The number of carbonyl (C=O) groups excluding carboxylic acids is 1. The number of aromatic nitrogens is 3. The molecule has 0 atom stereocenters. The lowest BCUT2D eigenvalue weighted by atomic mass is 10.00. The Morgan fingerprint density at radius 2 is 2.10 bits per heavy atom. The highest BCUT2D eigenvalue weighted by Crippen LogP contribution is 2.35. The molecule has 0 saturated heterocycles. The number of carbonyl (C=O) groups is 1. The molecule has 160 valence electrons. The first-order valence-corrected chi connectivity index (χ1v) is 9.21. The lowest BCUT2D eigenvalue weighted by molar-refractivity contribution is -0.141. The topological polar surface area (TPSA) is 109 Å². The van der Waals surface area contributed by atoms with Gasteiger partial charge in [0.25, 0.3) is 0 Å². The van der Waals surface area contributed by atoms with Crippen molar-refractivity contribution >= 4 is 28.9 Å². The summed E-state index contributed by atoms with van der Waals surface area (Å²) in [4.78, 5) is 20.4. The molecule has 0 bridgehead atoms. The lowest BCUT2D eigenvalue weighted by Crippen LogP contribution is -2.13. The second kappa shape index (κ2) is 10.1. The highest BCUT2D eigenvalue weighted by molar-refractivity contribution is 6.34. The van der Waals surface area contributed by atoms with E-state index in [0.717, 1.165) is 12.3 Å².